The van der Waals surface area contributed by atoms with Gasteiger partial charge < -0.3 is 14.6 Å². The molecule has 2 aromatic heterocycles. The molecule has 1 amide bonds. The van der Waals surface area contributed by atoms with Gasteiger partial charge in [0, 0.05) is 36.8 Å². The van der Waals surface area contributed by atoms with Crippen LogP contribution in [0.3, 0.4) is 0 Å². The molecule has 0 spiro atoms. The van der Waals surface area contributed by atoms with Crippen LogP contribution in [0.25, 0.3) is 0 Å². The molecule has 0 aliphatic carbocycles. The Morgan fingerprint density at radius 2 is 1.88 bits per heavy atom. The standard InChI is InChI=1S/C23H23N3O5S2/c1-31-18-6-4-16(5-7-18)22(27)24-19-8-9-20-17-11-15(13-26(20)23(19)28)12-25(14-17)33(29,30)21-3-2-10-32-21/h2-10,15,17H,11-14H2,1H3,(H,24,27). The Morgan fingerprint density at radius 3 is 2.58 bits per heavy atom. The summed E-state index contributed by atoms with van der Waals surface area (Å²) >= 11 is 1.22. The van der Waals surface area contributed by atoms with E-state index in [-0.39, 0.29) is 29.0 Å². The van der Waals surface area contributed by atoms with Crippen molar-refractivity contribution < 1.29 is 17.9 Å². The number of hydrogen-bond acceptors (Lipinski definition) is 6. The number of anilines is 1. The monoisotopic (exact) mass is 485 g/mol. The van der Waals surface area contributed by atoms with Crippen molar-refractivity contribution in [1.82, 2.24) is 8.87 Å². The van der Waals surface area contributed by atoms with Gasteiger partial charge in [0.05, 0.1) is 7.11 Å². The highest BCUT2D eigenvalue weighted by molar-refractivity contribution is 7.91. The molecule has 1 fully saturated rings. The summed E-state index contributed by atoms with van der Waals surface area (Å²) in [5.41, 5.74) is 1.18. The lowest BCUT2D eigenvalue weighted by Gasteiger charge is -2.42. The van der Waals surface area contributed by atoms with Crippen molar-refractivity contribution >= 4 is 33.0 Å². The Bertz CT molecular complexity index is 1350. The number of ether oxygens (including phenoxy) is 1. The number of methoxy groups -OCH3 is 1. The predicted molar refractivity (Wildman–Crippen MR) is 126 cm³/mol. The highest BCUT2D eigenvalue weighted by atomic mass is 32.2. The Kier molecular flexibility index (Phi) is 5.59. The van der Waals surface area contributed by atoms with E-state index in [1.165, 1.54) is 11.3 Å². The molecule has 33 heavy (non-hydrogen) atoms. The molecule has 1 N–H and O–H groups in total. The SMILES string of the molecule is COc1ccc(C(=O)Nc2ccc3n(c2=O)CC2CC3CN(S(=O)(=O)c3cccs3)C2)cc1. The number of piperidine rings is 1. The van der Waals surface area contributed by atoms with Gasteiger partial charge in [0.15, 0.2) is 0 Å². The summed E-state index contributed by atoms with van der Waals surface area (Å²) in [6.45, 7) is 1.14. The zero-order valence-corrected chi connectivity index (χ0v) is 19.6. The van der Waals surface area contributed by atoms with Crippen molar-refractivity contribution in [2.75, 3.05) is 25.5 Å². The number of carbonyl (C=O) groups is 1. The molecule has 2 atom stereocenters. The van der Waals surface area contributed by atoms with Crippen LogP contribution < -0.4 is 15.6 Å². The van der Waals surface area contributed by atoms with Crippen molar-refractivity contribution in [2.24, 2.45) is 5.92 Å². The fourth-order valence-corrected chi connectivity index (χ4v) is 7.37. The number of fused-ring (bicyclic) bond motifs is 4. The highest BCUT2D eigenvalue weighted by Gasteiger charge is 2.40. The molecule has 172 valence electrons. The molecule has 0 radical (unpaired) electrons. The number of benzene rings is 1. The van der Waals surface area contributed by atoms with E-state index in [1.54, 1.807) is 63.8 Å². The molecule has 2 bridgehead atoms. The number of nitrogens with one attached hydrogen (secondary N) is 1. The second-order valence-corrected chi connectivity index (χ2v) is 11.4. The first-order chi connectivity index (χ1) is 15.9. The summed E-state index contributed by atoms with van der Waals surface area (Å²) < 4.78 is 34.7. The first-order valence-electron chi connectivity index (χ1n) is 10.6. The molecule has 8 nitrogen and oxygen atoms in total. The van der Waals surface area contributed by atoms with Gasteiger partial charge in [-0.05, 0) is 60.2 Å². The van der Waals surface area contributed by atoms with Crippen molar-refractivity contribution in [3.05, 3.63) is 75.5 Å². The number of sulfonamides is 1. The lowest BCUT2D eigenvalue weighted by molar-refractivity contribution is 0.102. The molecule has 3 aromatic rings. The molecular formula is C23H23N3O5S2. The number of nitrogens with zero attached hydrogens (tertiary/aromatic N) is 2. The third-order valence-electron chi connectivity index (χ3n) is 6.26. The quantitative estimate of drug-likeness (QED) is 0.599. The number of hydrogen-bond donors (Lipinski definition) is 1. The Balaban J connectivity index is 1.39. The largest absolute Gasteiger partial charge is 0.497 e. The fraction of sp³-hybridized carbons (Fsp3) is 0.304. The van der Waals surface area contributed by atoms with E-state index in [0.717, 1.165) is 12.1 Å². The maximum atomic E-state index is 13.2. The normalized spacial score (nSPS) is 20.2. The average molecular weight is 486 g/mol. The van der Waals surface area contributed by atoms with E-state index in [2.05, 4.69) is 5.32 Å². The maximum Gasteiger partial charge on any atom is 0.274 e. The second kappa shape index (κ2) is 8.44. The summed E-state index contributed by atoms with van der Waals surface area (Å²) in [5.74, 6) is 0.240. The van der Waals surface area contributed by atoms with Crippen LogP contribution in [0.4, 0.5) is 5.69 Å². The van der Waals surface area contributed by atoms with Crippen LogP contribution in [0.1, 0.15) is 28.4 Å². The summed E-state index contributed by atoms with van der Waals surface area (Å²) in [6, 6.07) is 13.4. The van der Waals surface area contributed by atoms with Crippen molar-refractivity contribution in [2.45, 2.75) is 23.1 Å². The Morgan fingerprint density at radius 1 is 1.09 bits per heavy atom. The van der Waals surface area contributed by atoms with Gasteiger partial charge in [-0.15, -0.1) is 11.3 Å². The first-order valence-corrected chi connectivity index (χ1v) is 12.9. The second-order valence-electron chi connectivity index (χ2n) is 8.32. The molecule has 10 heteroatoms. The first kappa shape index (κ1) is 21.9. The minimum atomic E-state index is -3.53. The van der Waals surface area contributed by atoms with Gasteiger partial charge in [-0.3, -0.25) is 9.59 Å². The third kappa shape index (κ3) is 3.98. The van der Waals surface area contributed by atoms with Crippen LogP contribution in [0.5, 0.6) is 5.75 Å². The maximum absolute atomic E-state index is 13.2. The lowest BCUT2D eigenvalue weighted by Crippen LogP contribution is -2.49. The van der Waals surface area contributed by atoms with Crippen molar-refractivity contribution in [3.63, 3.8) is 0 Å². The molecule has 5 rings (SSSR count). The molecule has 1 saturated heterocycles. The average Bonchev–Trinajstić information content (AvgIpc) is 3.37. The molecule has 0 saturated carbocycles. The van der Waals surface area contributed by atoms with Crippen LogP contribution >= 0.6 is 11.3 Å². The summed E-state index contributed by atoms with van der Waals surface area (Å²) in [7, 11) is -1.98. The Hall–Kier alpha value is -2.95. The lowest BCUT2D eigenvalue weighted by atomic mass is 9.84. The van der Waals surface area contributed by atoms with Gasteiger partial charge in [-0.1, -0.05) is 6.07 Å². The molecule has 1 aromatic carbocycles. The van der Waals surface area contributed by atoms with Gasteiger partial charge in [-0.2, -0.15) is 4.31 Å². The van der Waals surface area contributed by atoms with E-state index >= 15 is 0 Å². The van der Waals surface area contributed by atoms with Crippen LogP contribution in [0.2, 0.25) is 0 Å². The molecular weight excluding hydrogens is 462 g/mol. The van der Waals surface area contributed by atoms with Gasteiger partial charge in [0.25, 0.3) is 21.5 Å². The van der Waals surface area contributed by atoms with Crippen molar-refractivity contribution in [3.8, 4) is 5.75 Å². The third-order valence-corrected chi connectivity index (χ3v) is 9.47. The van der Waals surface area contributed by atoms with E-state index in [9.17, 15) is 18.0 Å². The minimum Gasteiger partial charge on any atom is -0.497 e. The number of rotatable bonds is 5. The minimum absolute atomic E-state index is 0.0382. The smallest absolute Gasteiger partial charge is 0.274 e. The van der Waals surface area contributed by atoms with E-state index in [4.69, 9.17) is 4.74 Å². The van der Waals surface area contributed by atoms with Gasteiger partial charge in [0.2, 0.25) is 0 Å². The van der Waals surface area contributed by atoms with Crippen LogP contribution in [-0.4, -0.2) is 43.4 Å². The van der Waals surface area contributed by atoms with E-state index in [1.807, 2.05) is 6.07 Å². The number of thiophene rings is 1. The molecule has 4 heterocycles. The van der Waals surface area contributed by atoms with Crippen LogP contribution in [0, 0.1) is 5.92 Å². The van der Waals surface area contributed by atoms with E-state index < -0.39 is 10.0 Å². The summed E-state index contributed by atoms with van der Waals surface area (Å²) in [6.07, 6.45) is 0.841. The van der Waals surface area contributed by atoms with E-state index in [0.29, 0.717) is 35.2 Å². The molecule has 2 aliphatic rings. The van der Waals surface area contributed by atoms with Gasteiger partial charge >= 0.3 is 0 Å². The number of amides is 1. The van der Waals surface area contributed by atoms with Crippen LogP contribution in [0.15, 0.2) is 62.9 Å². The molecule has 2 unspecified atom stereocenters. The summed E-state index contributed by atoms with van der Waals surface area (Å²) in [4.78, 5) is 25.8. The zero-order chi connectivity index (χ0) is 23.2. The van der Waals surface area contributed by atoms with Crippen LogP contribution in [-0.2, 0) is 16.6 Å². The van der Waals surface area contributed by atoms with Crippen molar-refractivity contribution in [1.29, 1.82) is 0 Å². The fourth-order valence-electron chi connectivity index (χ4n) is 4.67. The predicted octanol–water partition coefficient (Wildman–Crippen LogP) is 2.98. The van der Waals surface area contributed by atoms with Gasteiger partial charge in [0.1, 0.15) is 15.6 Å². The summed E-state index contributed by atoms with van der Waals surface area (Å²) in [5, 5.41) is 4.47. The topological polar surface area (TPSA) is 97.7 Å². The number of carbonyl (C=O) groups excluding carboxylic acids is 1. The Labute approximate surface area is 195 Å². The zero-order valence-electron chi connectivity index (χ0n) is 17.9. The number of pyridine rings is 1. The molecule has 2 aliphatic heterocycles. The number of aromatic nitrogens is 1. The highest BCUT2D eigenvalue weighted by Crippen LogP contribution is 2.38. The van der Waals surface area contributed by atoms with Gasteiger partial charge in [-0.25, -0.2) is 8.42 Å².